The summed E-state index contributed by atoms with van der Waals surface area (Å²) < 4.78 is 1.89. The molecule has 0 bridgehead atoms. The van der Waals surface area contributed by atoms with Crippen LogP contribution in [0.3, 0.4) is 0 Å². The molecule has 4 heteroatoms. The van der Waals surface area contributed by atoms with Gasteiger partial charge in [0.05, 0.1) is 6.10 Å². The van der Waals surface area contributed by atoms with Crippen LogP contribution in [0.15, 0.2) is 23.7 Å². The molecule has 19 heavy (non-hydrogen) atoms. The molecule has 2 unspecified atom stereocenters. The van der Waals surface area contributed by atoms with Crippen LogP contribution >= 0.6 is 11.3 Å². The van der Waals surface area contributed by atoms with Crippen LogP contribution in [0, 0.1) is 0 Å². The van der Waals surface area contributed by atoms with Crippen molar-refractivity contribution in [3.63, 3.8) is 0 Å². The summed E-state index contributed by atoms with van der Waals surface area (Å²) in [7, 11) is 1.96. The predicted octanol–water partition coefficient (Wildman–Crippen LogP) is 2.90. The van der Waals surface area contributed by atoms with Gasteiger partial charge in [-0.25, -0.2) is 0 Å². The molecule has 2 atom stereocenters. The van der Waals surface area contributed by atoms with Crippen LogP contribution in [0.4, 0.5) is 0 Å². The van der Waals surface area contributed by atoms with Gasteiger partial charge < -0.3 is 5.11 Å². The third-order valence-electron chi connectivity index (χ3n) is 4.18. The van der Waals surface area contributed by atoms with E-state index in [9.17, 15) is 5.11 Å². The lowest BCUT2D eigenvalue weighted by molar-refractivity contribution is 0.125. The van der Waals surface area contributed by atoms with Crippen molar-refractivity contribution in [2.45, 2.75) is 44.1 Å². The molecule has 0 saturated heterocycles. The molecular formula is C15H20N2OS. The molecule has 1 N–H and O–H groups in total. The van der Waals surface area contributed by atoms with Gasteiger partial charge in [0.25, 0.3) is 0 Å². The maximum Gasteiger partial charge on any atom is 0.0612 e. The van der Waals surface area contributed by atoms with Gasteiger partial charge in [-0.2, -0.15) is 5.10 Å². The van der Waals surface area contributed by atoms with Gasteiger partial charge in [0.15, 0.2) is 0 Å². The fourth-order valence-electron chi connectivity index (χ4n) is 3.07. The van der Waals surface area contributed by atoms with Crippen molar-refractivity contribution in [2.24, 2.45) is 7.05 Å². The molecule has 1 aliphatic carbocycles. The lowest BCUT2D eigenvalue weighted by Crippen LogP contribution is -2.22. The molecule has 0 aromatic carbocycles. The van der Waals surface area contributed by atoms with E-state index < -0.39 is 0 Å². The van der Waals surface area contributed by atoms with E-state index >= 15 is 0 Å². The molecule has 0 saturated carbocycles. The summed E-state index contributed by atoms with van der Waals surface area (Å²) >= 11 is 1.84. The van der Waals surface area contributed by atoms with Crippen molar-refractivity contribution in [1.29, 1.82) is 0 Å². The summed E-state index contributed by atoms with van der Waals surface area (Å²) in [5, 5.41) is 16.8. The summed E-state index contributed by atoms with van der Waals surface area (Å²) in [6.07, 6.45) is 6.82. The largest absolute Gasteiger partial charge is 0.392 e. The molecule has 102 valence electrons. The molecule has 3 rings (SSSR count). The summed E-state index contributed by atoms with van der Waals surface area (Å²) in [5.74, 6) is 0.336. The molecular weight excluding hydrogens is 256 g/mol. The quantitative estimate of drug-likeness (QED) is 0.932. The van der Waals surface area contributed by atoms with Crippen LogP contribution in [0.5, 0.6) is 0 Å². The van der Waals surface area contributed by atoms with E-state index in [1.54, 1.807) is 0 Å². The van der Waals surface area contributed by atoms with Gasteiger partial charge in [-0.1, -0.05) is 0 Å². The van der Waals surface area contributed by atoms with Crippen molar-refractivity contribution < 1.29 is 5.11 Å². The van der Waals surface area contributed by atoms with Gasteiger partial charge >= 0.3 is 0 Å². The number of nitrogens with zero attached hydrogens (tertiary/aromatic N) is 2. The number of hydrogen-bond donors (Lipinski definition) is 1. The van der Waals surface area contributed by atoms with Crippen molar-refractivity contribution in [3.8, 4) is 0 Å². The Bertz CT molecular complexity index is 546. The first-order valence-electron chi connectivity index (χ1n) is 6.97. The maximum atomic E-state index is 10.5. The third-order valence-corrected chi connectivity index (χ3v) is 5.18. The number of thiophene rings is 1. The normalized spacial score (nSPS) is 20.2. The highest BCUT2D eigenvalue weighted by Crippen LogP contribution is 2.37. The van der Waals surface area contributed by atoms with Crippen molar-refractivity contribution in [1.82, 2.24) is 9.78 Å². The van der Waals surface area contributed by atoms with Gasteiger partial charge in [-0.05, 0) is 55.2 Å². The van der Waals surface area contributed by atoms with E-state index in [2.05, 4.69) is 16.5 Å². The number of rotatable bonds is 4. The highest BCUT2D eigenvalue weighted by Gasteiger charge is 2.27. The monoisotopic (exact) mass is 276 g/mol. The smallest absolute Gasteiger partial charge is 0.0612 e. The van der Waals surface area contributed by atoms with E-state index in [1.807, 2.05) is 35.3 Å². The second-order valence-electron chi connectivity index (χ2n) is 5.35. The molecule has 1 aliphatic rings. The van der Waals surface area contributed by atoms with Crippen LogP contribution in [-0.4, -0.2) is 21.0 Å². The third kappa shape index (κ3) is 2.60. The molecule has 3 nitrogen and oxygen atoms in total. The zero-order valence-electron chi connectivity index (χ0n) is 11.2. The maximum absolute atomic E-state index is 10.5. The predicted molar refractivity (Wildman–Crippen MR) is 77.5 cm³/mol. The van der Waals surface area contributed by atoms with Crippen LogP contribution in [0.1, 0.15) is 41.3 Å². The van der Waals surface area contributed by atoms with E-state index in [0.717, 1.165) is 19.3 Å². The second kappa shape index (κ2) is 5.47. The van der Waals surface area contributed by atoms with E-state index in [1.165, 1.54) is 29.0 Å². The van der Waals surface area contributed by atoms with Crippen LogP contribution < -0.4 is 0 Å². The number of aromatic nitrogens is 2. The fourth-order valence-corrected chi connectivity index (χ4v) is 4.06. The Kier molecular flexibility index (Phi) is 3.71. The zero-order valence-corrected chi connectivity index (χ0v) is 12.1. The Hall–Kier alpha value is -1.13. The van der Waals surface area contributed by atoms with Crippen molar-refractivity contribution in [2.75, 3.05) is 0 Å². The van der Waals surface area contributed by atoms with E-state index in [0.29, 0.717) is 5.92 Å². The molecule has 0 amide bonds. The first-order chi connectivity index (χ1) is 9.25. The minimum Gasteiger partial charge on any atom is -0.392 e. The van der Waals surface area contributed by atoms with Gasteiger partial charge in [0, 0.05) is 29.7 Å². The summed E-state index contributed by atoms with van der Waals surface area (Å²) in [5.41, 5.74) is 2.59. The molecule has 2 heterocycles. The lowest BCUT2D eigenvalue weighted by Gasteiger charge is -2.27. The van der Waals surface area contributed by atoms with Crippen molar-refractivity contribution in [3.05, 3.63) is 39.8 Å². The molecule has 2 aromatic rings. The number of aliphatic hydroxyl groups excluding tert-OH is 1. The Morgan fingerprint density at radius 1 is 1.53 bits per heavy atom. The Balaban J connectivity index is 1.66. The minimum atomic E-state index is -0.233. The van der Waals surface area contributed by atoms with Gasteiger partial charge in [0.2, 0.25) is 0 Å². The van der Waals surface area contributed by atoms with Gasteiger partial charge in [-0.15, -0.1) is 11.3 Å². The van der Waals surface area contributed by atoms with Crippen molar-refractivity contribution >= 4 is 11.3 Å². The lowest BCUT2D eigenvalue weighted by atomic mass is 9.82. The minimum absolute atomic E-state index is 0.233. The average molecular weight is 276 g/mol. The van der Waals surface area contributed by atoms with E-state index in [-0.39, 0.29) is 6.10 Å². The Labute approximate surface area is 117 Å². The van der Waals surface area contributed by atoms with Crippen LogP contribution in [0.2, 0.25) is 0 Å². The fraction of sp³-hybridized carbons (Fsp3) is 0.533. The van der Waals surface area contributed by atoms with Crippen LogP contribution in [-0.2, 0) is 19.9 Å². The summed E-state index contributed by atoms with van der Waals surface area (Å²) in [4.78, 5) is 1.48. The van der Waals surface area contributed by atoms with Crippen LogP contribution in [0.25, 0.3) is 0 Å². The molecule has 2 aromatic heterocycles. The first kappa shape index (κ1) is 12.9. The zero-order chi connectivity index (χ0) is 13.2. The second-order valence-corrected chi connectivity index (χ2v) is 6.35. The van der Waals surface area contributed by atoms with Gasteiger partial charge in [-0.3, -0.25) is 4.68 Å². The summed E-state index contributed by atoms with van der Waals surface area (Å²) in [6, 6.07) is 4.24. The first-order valence-corrected chi connectivity index (χ1v) is 7.85. The molecule has 0 aliphatic heterocycles. The Morgan fingerprint density at radius 3 is 3.21 bits per heavy atom. The highest BCUT2D eigenvalue weighted by atomic mass is 32.1. The number of aryl methyl sites for hydroxylation is 3. The Morgan fingerprint density at radius 2 is 2.42 bits per heavy atom. The van der Waals surface area contributed by atoms with Gasteiger partial charge in [0.1, 0.15) is 0 Å². The topological polar surface area (TPSA) is 38.0 Å². The SMILES string of the molecule is Cn1nccc1CCC(O)C1CCCc2sccc21. The number of fused-ring (bicyclic) bond motifs is 1. The average Bonchev–Trinajstić information content (AvgIpc) is 3.04. The standard InChI is InChI=1S/C15H20N2OS/c1-17-11(7-9-16-17)5-6-14(18)12-3-2-4-15-13(12)8-10-19-15/h7-10,12,14,18H,2-6H2,1H3. The molecule has 0 fully saturated rings. The summed E-state index contributed by atoms with van der Waals surface area (Å²) in [6.45, 7) is 0. The molecule has 0 radical (unpaired) electrons. The number of aliphatic hydroxyl groups is 1. The highest BCUT2D eigenvalue weighted by molar-refractivity contribution is 7.10. The molecule has 0 spiro atoms. The number of hydrogen-bond acceptors (Lipinski definition) is 3. The van der Waals surface area contributed by atoms with E-state index in [4.69, 9.17) is 0 Å².